The molecule has 0 radical (unpaired) electrons. The van der Waals surface area contributed by atoms with E-state index in [-0.39, 0.29) is 9.92 Å². The van der Waals surface area contributed by atoms with Crippen LogP contribution in [0.3, 0.4) is 0 Å². The molecule has 0 aliphatic carbocycles. The molecule has 17 heavy (non-hydrogen) atoms. The summed E-state index contributed by atoms with van der Waals surface area (Å²) < 4.78 is 5.41. The third kappa shape index (κ3) is 5.76. The highest BCUT2D eigenvalue weighted by Gasteiger charge is 2.08. The number of rotatable bonds is 8. The van der Waals surface area contributed by atoms with Crippen molar-refractivity contribution in [3.63, 3.8) is 0 Å². The van der Waals surface area contributed by atoms with Crippen molar-refractivity contribution >= 4 is 16.3 Å². The molecule has 1 aromatic rings. The van der Waals surface area contributed by atoms with Crippen LogP contribution in [0.25, 0.3) is 0 Å². The van der Waals surface area contributed by atoms with Gasteiger partial charge in [-0.1, -0.05) is 25.2 Å². The number of hydrogen-bond donors (Lipinski definition) is 1. The number of nitro groups is 1. The third-order valence-corrected chi connectivity index (χ3v) is 3.04. The highest BCUT2D eigenvalue weighted by Crippen LogP contribution is 2.23. The zero-order chi connectivity index (χ0) is 12.7. The molecular weight excluding hydrogens is 240 g/mol. The molecule has 6 heteroatoms. The fourth-order valence-corrected chi connectivity index (χ4v) is 2.02. The second kappa shape index (κ2) is 7.37. The van der Waals surface area contributed by atoms with Gasteiger partial charge in [-0.3, -0.25) is 10.1 Å². The number of hydrogen-bond acceptors (Lipinski definition) is 5. The summed E-state index contributed by atoms with van der Waals surface area (Å²) in [6.07, 6.45) is 0. The predicted molar refractivity (Wildman–Crippen MR) is 68.3 cm³/mol. The quantitative estimate of drug-likeness (QED) is 0.442. The molecule has 0 bridgehead atoms. The van der Waals surface area contributed by atoms with Crippen molar-refractivity contribution in [1.29, 1.82) is 0 Å². The highest BCUT2D eigenvalue weighted by molar-refractivity contribution is 7.15. The van der Waals surface area contributed by atoms with Crippen LogP contribution in [0.4, 0.5) is 5.00 Å². The third-order valence-electron chi connectivity index (χ3n) is 2.00. The molecular formula is C11H18N2O3S. The van der Waals surface area contributed by atoms with Crippen molar-refractivity contribution in [1.82, 2.24) is 5.32 Å². The number of ether oxygens (including phenoxy) is 1. The maximum absolute atomic E-state index is 10.5. The van der Waals surface area contributed by atoms with E-state index in [2.05, 4.69) is 19.2 Å². The summed E-state index contributed by atoms with van der Waals surface area (Å²) in [5, 5.41) is 13.9. The Bertz CT molecular complexity index is 352. The Labute approximate surface area is 105 Å². The van der Waals surface area contributed by atoms with E-state index in [1.807, 2.05) is 0 Å². The lowest BCUT2D eigenvalue weighted by Crippen LogP contribution is -2.19. The van der Waals surface area contributed by atoms with Gasteiger partial charge in [-0.2, -0.15) is 0 Å². The van der Waals surface area contributed by atoms with Crippen LogP contribution < -0.4 is 5.32 Å². The second-order valence-electron chi connectivity index (χ2n) is 4.14. The number of nitrogens with one attached hydrogen (secondary N) is 1. The molecule has 0 aliphatic heterocycles. The lowest BCUT2D eigenvalue weighted by atomic mass is 10.2. The molecule has 1 rings (SSSR count). The van der Waals surface area contributed by atoms with Crippen LogP contribution in [-0.2, 0) is 11.3 Å². The Morgan fingerprint density at radius 2 is 2.29 bits per heavy atom. The Morgan fingerprint density at radius 1 is 1.53 bits per heavy atom. The van der Waals surface area contributed by atoms with Gasteiger partial charge < -0.3 is 10.1 Å². The fourth-order valence-electron chi connectivity index (χ4n) is 1.23. The maximum Gasteiger partial charge on any atom is 0.324 e. The summed E-state index contributed by atoms with van der Waals surface area (Å²) >= 11 is 1.21. The van der Waals surface area contributed by atoms with Crippen molar-refractivity contribution in [2.45, 2.75) is 20.4 Å². The number of nitrogens with zero attached hydrogens (tertiary/aromatic N) is 1. The first kappa shape index (κ1) is 14.1. The van der Waals surface area contributed by atoms with Crippen molar-refractivity contribution < 1.29 is 9.66 Å². The van der Waals surface area contributed by atoms with Crippen LogP contribution in [0.2, 0.25) is 0 Å². The Morgan fingerprint density at radius 3 is 2.88 bits per heavy atom. The zero-order valence-corrected chi connectivity index (χ0v) is 11.0. The first-order valence-corrected chi connectivity index (χ1v) is 6.43. The Kier molecular flexibility index (Phi) is 6.10. The van der Waals surface area contributed by atoms with Crippen LogP contribution in [0.5, 0.6) is 0 Å². The minimum absolute atomic E-state index is 0.192. The molecule has 0 spiro atoms. The Balaban J connectivity index is 2.11. The molecule has 1 N–H and O–H groups in total. The first-order chi connectivity index (χ1) is 8.09. The molecule has 0 unspecified atom stereocenters. The molecule has 0 amide bonds. The van der Waals surface area contributed by atoms with Crippen LogP contribution in [0, 0.1) is 16.0 Å². The summed E-state index contributed by atoms with van der Waals surface area (Å²) in [6, 6.07) is 3.32. The van der Waals surface area contributed by atoms with E-state index in [1.165, 1.54) is 17.4 Å². The van der Waals surface area contributed by atoms with Crippen molar-refractivity contribution in [3.05, 3.63) is 27.1 Å². The van der Waals surface area contributed by atoms with E-state index in [1.54, 1.807) is 6.07 Å². The molecule has 0 saturated carbocycles. The van der Waals surface area contributed by atoms with Gasteiger partial charge in [0.15, 0.2) is 0 Å². The van der Waals surface area contributed by atoms with E-state index in [0.29, 0.717) is 19.1 Å². The van der Waals surface area contributed by atoms with Gasteiger partial charge >= 0.3 is 5.00 Å². The second-order valence-corrected chi connectivity index (χ2v) is 5.29. The monoisotopic (exact) mass is 258 g/mol. The van der Waals surface area contributed by atoms with E-state index < -0.39 is 0 Å². The van der Waals surface area contributed by atoms with Gasteiger partial charge in [0, 0.05) is 30.6 Å². The zero-order valence-electron chi connectivity index (χ0n) is 10.1. The Hall–Kier alpha value is -0.980. The standard InChI is InChI=1S/C11H18N2O3S/c1-9(2)8-16-6-5-12-7-10-3-4-11(17-10)13(14)15/h3-4,9,12H,5-8H2,1-2H3. The summed E-state index contributed by atoms with van der Waals surface area (Å²) in [5.74, 6) is 0.551. The normalized spacial score (nSPS) is 11.0. The fraction of sp³-hybridized carbons (Fsp3) is 0.636. The van der Waals surface area contributed by atoms with Crippen molar-refractivity contribution in [2.24, 2.45) is 5.92 Å². The maximum atomic E-state index is 10.5. The molecule has 1 heterocycles. The minimum atomic E-state index is -0.361. The average Bonchev–Trinajstić information content (AvgIpc) is 2.71. The largest absolute Gasteiger partial charge is 0.380 e. The van der Waals surface area contributed by atoms with Gasteiger partial charge in [0.05, 0.1) is 11.5 Å². The van der Waals surface area contributed by atoms with Crippen LogP contribution in [-0.4, -0.2) is 24.7 Å². The summed E-state index contributed by atoms with van der Waals surface area (Å²) in [6.45, 7) is 7.08. The van der Waals surface area contributed by atoms with Crippen LogP contribution in [0.15, 0.2) is 12.1 Å². The highest BCUT2D eigenvalue weighted by atomic mass is 32.1. The summed E-state index contributed by atoms with van der Waals surface area (Å²) in [7, 11) is 0. The van der Waals surface area contributed by atoms with E-state index in [9.17, 15) is 10.1 Å². The molecule has 0 atom stereocenters. The lowest BCUT2D eigenvalue weighted by molar-refractivity contribution is -0.380. The van der Waals surface area contributed by atoms with Crippen LogP contribution >= 0.6 is 11.3 Å². The van der Waals surface area contributed by atoms with E-state index >= 15 is 0 Å². The van der Waals surface area contributed by atoms with Crippen molar-refractivity contribution in [2.75, 3.05) is 19.8 Å². The molecule has 1 aromatic heterocycles. The molecule has 96 valence electrons. The van der Waals surface area contributed by atoms with Crippen molar-refractivity contribution in [3.8, 4) is 0 Å². The van der Waals surface area contributed by atoms with Crippen LogP contribution in [0.1, 0.15) is 18.7 Å². The number of thiophene rings is 1. The molecule has 0 fully saturated rings. The molecule has 0 aliphatic rings. The van der Waals surface area contributed by atoms with Gasteiger partial charge in [-0.15, -0.1) is 0 Å². The average molecular weight is 258 g/mol. The summed E-state index contributed by atoms with van der Waals surface area (Å²) in [4.78, 5) is 11.1. The van der Waals surface area contributed by atoms with Gasteiger partial charge in [0.2, 0.25) is 0 Å². The molecule has 0 saturated heterocycles. The topological polar surface area (TPSA) is 64.4 Å². The van der Waals surface area contributed by atoms with Gasteiger partial charge in [-0.05, 0) is 12.0 Å². The first-order valence-electron chi connectivity index (χ1n) is 5.61. The lowest BCUT2D eigenvalue weighted by Gasteiger charge is -2.07. The summed E-state index contributed by atoms with van der Waals surface area (Å²) in [5.41, 5.74) is 0. The van der Waals surface area contributed by atoms with Gasteiger partial charge in [-0.25, -0.2) is 0 Å². The van der Waals surface area contributed by atoms with E-state index in [0.717, 1.165) is 18.0 Å². The molecule has 5 nitrogen and oxygen atoms in total. The minimum Gasteiger partial charge on any atom is -0.380 e. The smallest absolute Gasteiger partial charge is 0.324 e. The van der Waals surface area contributed by atoms with Gasteiger partial charge in [0.1, 0.15) is 0 Å². The van der Waals surface area contributed by atoms with E-state index in [4.69, 9.17) is 4.74 Å². The molecule has 0 aromatic carbocycles. The SMILES string of the molecule is CC(C)COCCNCc1ccc([N+](=O)[O-])s1. The predicted octanol–water partition coefficient (Wildman–Crippen LogP) is 2.42. The van der Waals surface area contributed by atoms with Gasteiger partial charge in [0.25, 0.3) is 0 Å².